The van der Waals surface area contributed by atoms with E-state index in [1.54, 1.807) is 24.3 Å². The van der Waals surface area contributed by atoms with E-state index in [0.717, 1.165) is 4.57 Å². The SMILES string of the molecule is O=C1N(c2ccccc2)Cc2nn(Cc3ccc([N+](=O)[O-])cc3)c(=O)n21. The highest BCUT2D eigenvalue weighted by Gasteiger charge is 2.33. The fraction of sp³-hybridized carbons (Fsp3) is 0.118. The van der Waals surface area contributed by atoms with Gasteiger partial charge in [-0.2, -0.15) is 9.67 Å². The maximum atomic E-state index is 12.6. The zero-order valence-corrected chi connectivity index (χ0v) is 13.5. The Morgan fingerprint density at radius 2 is 1.73 bits per heavy atom. The van der Waals surface area contributed by atoms with Crippen LogP contribution in [0.4, 0.5) is 16.2 Å². The van der Waals surface area contributed by atoms with Crippen molar-refractivity contribution in [2.45, 2.75) is 13.1 Å². The van der Waals surface area contributed by atoms with Crippen molar-refractivity contribution in [3.8, 4) is 0 Å². The number of benzene rings is 2. The van der Waals surface area contributed by atoms with E-state index in [4.69, 9.17) is 0 Å². The molecular formula is C17H13N5O4. The first kappa shape index (κ1) is 15.8. The third-order valence-electron chi connectivity index (χ3n) is 4.18. The first-order valence-electron chi connectivity index (χ1n) is 7.83. The molecule has 0 N–H and O–H groups in total. The third-order valence-corrected chi connectivity index (χ3v) is 4.18. The van der Waals surface area contributed by atoms with Gasteiger partial charge in [-0.1, -0.05) is 30.3 Å². The molecule has 4 rings (SSSR count). The number of nitrogens with zero attached hydrogens (tertiary/aromatic N) is 5. The average molecular weight is 351 g/mol. The molecule has 0 bridgehead atoms. The van der Waals surface area contributed by atoms with Crippen molar-refractivity contribution in [3.63, 3.8) is 0 Å². The normalized spacial score (nSPS) is 13.1. The van der Waals surface area contributed by atoms with E-state index >= 15 is 0 Å². The van der Waals surface area contributed by atoms with Crippen molar-refractivity contribution in [1.29, 1.82) is 0 Å². The van der Waals surface area contributed by atoms with E-state index < -0.39 is 16.6 Å². The van der Waals surface area contributed by atoms with Crippen molar-refractivity contribution in [2.75, 3.05) is 4.90 Å². The predicted molar refractivity (Wildman–Crippen MR) is 92.1 cm³/mol. The number of amides is 1. The Hall–Kier alpha value is -3.75. The summed E-state index contributed by atoms with van der Waals surface area (Å²) < 4.78 is 2.25. The number of hydrogen-bond acceptors (Lipinski definition) is 5. The maximum Gasteiger partial charge on any atom is 0.354 e. The number of para-hydroxylation sites is 1. The monoisotopic (exact) mass is 351 g/mol. The Morgan fingerprint density at radius 3 is 2.35 bits per heavy atom. The fourth-order valence-electron chi connectivity index (χ4n) is 2.89. The van der Waals surface area contributed by atoms with E-state index in [2.05, 4.69) is 5.10 Å². The van der Waals surface area contributed by atoms with E-state index in [1.165, 1.54) is 21.7 Å². The molecular weight excluding hydrogens is 338 g/mol. The summed E-state index contributed by atoms with van der Waals surface area (Å²) in [6.45, 7) is 0.348. The Morgan fingerprint density at radius 1 is 1.04 bits per heavy atom. The summed E-state index contributed by atoms with van der Waals surface area (Å²) in [6.07, 6.45) is 0. The van der Waals surface area contributed by atoms with Crippen molar-refractivity contribution in [3.05, 3.63) is 86.6 Å². The van der Waals surface area contributed by atoms with Gasteiger partial charge in [0.25, 0.3) is 5.69 Å². The van der Waals surface area contributed by atoms with Crippen LogP contribution in [0.2, 0.25) is 0 Å². The lowest BCUT2D eigenvalue weighted by Gasteiger charge is -2.14. The molecule has 0 fully saturated rings. The summed E-state index contributed by atoms with van der Waals surface area (Å²) >= 11 is 0. The minimum Gasteiger partial charge on any atom is -0.286 e. The molecule has 3 aromatic rings. The van der Waals surface area contributed by atoms with Crippen LogP contribution in [0.15, 0.2) is 59.4 Å². The number of hydrogen-bond donors (Lipinski definition) is 0. The summed E-state index contributed by atoms with van der Waals surface area (Å²) in [7, 11) is 0. The fourth-order valence-corrected chi connectivity index (χ4v) is 2.89. The highest BCUT2D eigenvalue weighted by Crippen LogP contribution is 2.21. The molecule has 1 amide bonds. The lowest BCUT2D eigenvalue weighted by atomic mass is 10.2. The highest BCUT2D eigenvalue weighted by molar-refractivity contribution is 5.95. The standard InChI is InChI=1S/C17H13N5O4/c23-16-19(13-4-2-1-3-5-13)11-15-18-20(17(24)21(15)16)10-12-6-8-14(9-7-12)22(25)26/h1-9H,10-11H2. The summed E-state index contributed by atoms with van der Waals surface area (Å²) in [5.41, 5.74) is 0.829. The van der Waals surface area contributed by atoms with Crippen LogP contribution >= 0.6 is 0 Å². The molecule has 0 saturated heterocycles. The summed E-state index contributed by atoms with van der Waals surface area (Å²) in [5.74, 6) is 0.366. The van der Waals surface area contributed by atoms with Gasteiger partial charge < -0.3 is 0 Å². The van der Waals surface area contributed by atoms with Crippen LogP contribution in [0.1, 0.15) is 11.4 Å². The highest BCUT2D eigenvalue weighted by atomic mass is 16.6. The smallest absolute Gasteiger partial charge is 0.286 e. The number of rotatable bonds is 4. The molecule has 0 unspecified atom stereocenters. The molecule has 0 saturated carbocycles. The Kier molecular flexibility index (Phi) is 3.61. The first-order valence-corrected chi connectivity index (χ1v) is 7.83. The number of non-ortho nitro benzene ring substituents is 1. The van der Waals surface area contributed by atoms with Gasteiger partial charge >= 0.3 is 11.7 Å². The quantitative estimate of drug-likeness (QED) is 0.528. The molecule has 26 heavy (non-hydrogen) atoms. The van der Waals surface area contributed by atoms with Gasteiger partial charge in [-0.15, -0.1) is 0 Å². The largest absolute Gasteiger partial charge is 0.354 e. The van der Waals surface area contributed by atoms with Gasteiger partial charge in [0.1, 0.15) is 0 Å². The van der Waals surface area contributed by atoms with Crippen molar-refractivity contribution in [2.24, 2.45) is 0 Å². The lowest BCUT2D eigenvalue weighted by molar-refractivity contribution is -0.384. The molecule has 0 spiro atoms. The zero-order chi connectivity index (χ0) is 18.3. The summed E-state index contributed by atoms with van der Waals surface area (Å²) in [5, 5.41) is 14.9. The maximum absolute atomic E-state index is 12.6. The van der Waals surface area contributed by atoms with Crippen molar-refractivity contribution < 1.29 is 9.72 Å². The van der Waals surface area contributed by atoms with Gasteiger partial charge in [-0.25, -0.2) is 14.3 Å². The van der Waals surface area contributed by atoms with Crippen LogP contribution in [0.25, 0.3) is 0 Å². The van der Waals surface area contributed by atoms with Crippen LogP contribution < -0.4 is 10.6 Å². The molecule has 9 heteroatoms. The van der Waals surface area contributed by atoms with E-state index in [0.29, 0.717) is 17.1 Å². The zero-order valence-electron chi connectivity index (χ0n) is 13.5. The molecule has 0 atom stereocenters. The second-order valence-electron chi connectivity index (χ2n) is 5.82. The minimum atomic E-state index is -0.526. The Bertz CT molecular complexity index is 1050. The van der Waals surface area contributed by atoms with Crippen LogP contribution in [-0.4, -0.2) is 25.3 Å². The predicted octanol–water partition coefficient (Wildman–Crippen LogP) is 1.99. The molecule has 1 aliphatic heterocycles. The van der Waals surface area contributed by atoms with Gasteiger partial charge in [-0.3, -0.25) is 15.0 Å². The molecule has 1 aliphatic rings. The summed E-state index contributed by atoms with van der Waals surface area (Å²) in [4.78, 5) is 36.8. The van der Waals surface area contributed by atoms with Gasteiger partial charge in [0.15, 0.2) is 5.82 Å². The molecule has 2 heterocycles. The summed E-state index contributed by atoms with van der Waals surface area (Å²) in [6, 6.07) is 14.5. The van der Waals surface area contributed by atoms with Crippen molar-refractivity contribution >= 4 is 17.4 Å². The minimum absolute atomic E-state index is 0.0258. The van der Waals surface area contributed by atoms with E-state index in [9.17, 15) is 19.7 Å². The Labute approximate surface area is 146 Å². The number of aromatic nitrogens is 3. The number of nitro benzene ring substituents is 1. The molecule has 0 radical (unpaired) electrons. The van der Waals surface area contributed by atoms with E-state index in [-0.39, 0.29) is 18.8 Å². The number of carbonyl (C=O) groups excluding carboxylic acids is 1. The topological polar surface area (TPSA) is 103 Å². The van der Waals surface area contributed by atoms with Crippen molar-refractivity contribution in [1.82, 2.24) is 14.3 Å². The number of fused-ring (bicyclic) bond motifs is 1. The van der Waals surface area contributed by atoms with Gasteiger partial charge in [0.05, 0.1) is 18.0 Å². The number of anilines is 1. The van der Waals surface area contributed by atoms with Crippen LogP contribution in [0.3, 0.4) is 0 Å². The van der Waals surface area contributed by atoms with Crippen LogP contribution in [-0.2, 0) is 13.1 Å². The van der Waals surface area contributed by atoms with E-state index in [1.807, 2.05) is 18.2 Å². The second kappa shape index (κ2) is 5.96. The van der Waals surface area contributed by atoms with Gasteiger partial charge in [-0.05, 0) is 17.7 Å². The van der Waals surface area contributed by atoms with Crippen LogP contribution in [0, 0.1) is 10.1 Å². The number of nitro groups is 1. The molecule has 1 aromatic heterocycles. The first-order chi connectivity index (χ1) is 12.5. The number of carbonyl (C=O) groups is 1. The molecule has 9 nitrogen and oxygen atoms in total. The van der Waals surface area contributed by atoms with Gasteiger partial charge in [0, 0.05) is 17.8 Å². The lowest BCUT2D eigenvalue weighted by Crippen LogP contribution is -2.34. The molecule has 130 valence electrons. The second-order valence-corrected chi connectivity index (χ2v) is 5.82. The third kappa shape index (κ3) is 2.55. The average Bonchev–Trinajstić information content (AvgIpc) is 3.13. The van der Waals surface area contributed by atoms with Crippen LogP contribution in [0.5, 0.6) is 0 Å². The molecule has 0 aliphatic carbocycles. The molecule has 2 aromatic carbocycles. The Balaban J connectivity index is 1.60. The van der Waals surface area contributed by atoms with Gasteiger partial charge in [0.2, 0.25) is 0 Å².